The molecule has 0 bridgehead atoms. The maximum atomic E-state index is 14.0. The van der Waals surface area contributed by atoms with Gasteiger partial charge < -0.3 is 9.47 Å². The molecular weight excluding hydrogens is 480 g/mol. The predicted octanol–water partition coefficient (Wildman–Crippen LogP) is 5.41. The number of hydrogen-bond donors (Lipinski definition) is 0. The van der Waals surface area contributed by atoms with Crippen LogP contribution >= 0.6 is 15.9 Å². The molecule has 0 N–H and O–H groups in total. The summed E-state index contributed by atoms with van der Waals surface area (Å²) in [6.45, 7) is 1.99. The van der Waals surface area contributed by atoms with E-state index in [-0.39, 0.29) is 24.4 Å². The summed E-state index contributed by atoms with van der Waals surface area (Å²) in [5.74, 6) is 0.603. The standard InChI is InChI=1S/C26H27BrN4O2/c1-18-28-14-15-29(18)17-24(32)31(21-11-7-8-19(27)16-21)25-22-12-5-6-13-23(22)30(26(25)33)20-9-3-2-4-10-20/h5-8,11-16,20,25H,2-4,9-10,17H2,1H3. The van der Waals surface area contributed by atoms with Gasteiger partial charge >= 0.3 is 0 Å². The first-order valence-corrected chi connectivity index (χ1v) is 12.3. The van der Waals surface area contributed by atoms with Crippen LogP contribution in [0, 0.1) is 6.92 Å². The van der Waals surface area contributed by atoms with Crippen LogP contribution in [-0.4, -0.2) is 27.4 Å². The number of fused-ring (bicyclic) bond motifs is 1. The summed E-state index contributed by atoms with van der Waals surface area (Å²) in [5.41, 5.74) is 2.53. The first kappa shape index (κ1) is 21.9. The molecule has 1 aliphatic heterocycles. The number of amides is 2. The summed E-state index contributed by atoms with van der Waals surface area (Å²) in [7, 11) is 0. The van der Waals surface area contributed by atoms with Crippen LogP contribution in [0.15, 0.2) is 65.4 Å². The van der Waals surface area contributed by atoms with Gasteiger partial charge in [-0.05, 0) is 44.0 Å². The highest BCUT2D eigenvalue weighted by molar-refractivity contribution is 9.10. The van der Waals surface area contributed by atoms with Crippen molar-refractivity contribution in [3.05, 3.63) is 76.8 Å². The number of anilines is 2. The van der Waals surface area contributed by atoms with E-state index in [1.165, 1.54) is 6.42 Å². The number of halogens is 1. The summed E-state index contributed by atoms with van der Waals surface area (Å²) >= 11 is 3.53. The van der Waals surface area contributed by atoms with E-state index in [2.05, 4.69) is 20.9 Å². The van der Waals surface area contributed by atoms with Crippen molar-refractivity contribution in [2.24, 2.45) is 0 Å². The second kappa shape index (κ2) is 9.14. The summed E-state index contributed by atoms with van der Waals surface area (Å²) in [5, 5.41) is 0. The van der Waals surface area contributed by atoms with Crippen LogP contribution in [0.25, 0.3) is 0 Å². The Hall–Kier alpha value is -2.93. The Morgan fingerprint density at radius 1 is 1.12 bits per heavy atom. The molecular formula is C26H27BrN4O2. The average molecular weight is 507 g/mol. The van der Waals surface area contributed by atoms with Crippen molar-refractivity contribution >= 4 is 39.1 Å². The first-order valence-electron chi connectivity index (χ1n) is 11.5. The Balaban J connectivity index is 1.58. The summed E-state index contributed by atoms with van der Waals surface area (Å²) < 4.78 is 2.68. The van der Waals surface area contributed by atoms with E-state index in [1.54, 1.807) is 17.3 Å². The molecule has 170 valence electrons. The lowest BCUT2D eigenvalue weighted by Crippen LogP contribution is -2.46. The average Bonchev–Trinajstić information content (AvgIpc) is 3.35. The molecule has 0 radical (unpaired) electrons. The maximum Gasteiger partial charge on any atom is 0.255 e. The number of nitrogens with zero attached hydrogens (tertiary/aromatic N) is 4. The lowest BCUT2D eigenvalue weighted by molar-refractivity contribution is -0.125. The van der Waals surface area contributed by atoms with E-state index in [0.29, 0.717) is 5.69 Å². The van der Waals surface area contributed by atoms with Gasteiger partial charge in [0.25, 0.3) is 5.91 Å². The SMILES string of the molecule is Cc1nccn1CC(=O)N(c1cccc(Br)c1)C1C(=O)N(C2CCCCC2)c2ccccc21. The van der Waals surface area contributed by atoms with E-state index in [1.807, 2.05) is 64.9 Å². The third-order valence-electron chi connectivity index (χ3n) is 6.74. The van der Waals surface area contributed by atoms with Gasteiger partial charge in [-0.25, -0.2) is 4.98 Å². The predicted molar refractivity (Wildman–Crippen MR) is 132 cm³/mol. The maximum absolute atomic E-state index is 14.0. The molecule has 1 aromatic heterocycles. The molecule has 33 heavy (non-hydrogen) atoms. The van der Waals surface area contributed by atoms with Gasteiger partial charge in [0.1, 0.15) is 18.4 Å². The van der Waals surface area contributed by atoms with Crippen molar-refractivity contribution in [2.45, 2.75) is 57.7 Å². The molecule has 0 saturated heterocycles. The monoisotopic (exact) mass is 506 g/mol. The highest BCUT2D eigenvalue weighted by atomic mass is 79.9. The summed E-state index contributed by atoms with van der Waals surface area (Å²) in [6, 6.07) is 15.0. The van der Waals surface area contributed by atoms with Crippen molar-refractivity contribution < 1.29 is 9.59 Å². The minimum atomic E-state index is -0.686. The molecule has 1 atom stereocenters. The second-order valence-corrected chi connectivity index (χ2v) is 9.72. The van der Waals surface area contributed by atoms with Gasteiger partial charge in [0.05, 0.1) is 0 Å². The Morgan fingerprint density at radius 3 is 2.64 bits per heavy atom. The lowest BCUT2D eigenvalue weighted by atomic mass is 9.94. The Morgan fingerprint density at radius 2 is 1.91 bits per heavy atom. The Bertz CT molecular complexity index is 1180. The molecule has 7 heteroatoms. The Kier molecular flexibility index (Phi) is 6.06. The van der Waals surface area contributed by atoms with Crippen LogP contribution in [0.2, 0.25) is 0 Å². The molecule has 1 fully saturated rings. The zero-order chi connectivity index (χ0) is 22.9. The van der Waals surface area contributed by atoms with Crippen molar-refractivity contribution in [3.63, 3.8) is 0 Å². The van der Waals surface area contributed by atoms with Crippen molar-refractivity contribution in [1.29, 1.82) is 0 Å². The van der Waals surface area contributed by atoms with Crippen LogP contribution in [0.1, 0.15) is 49.5 Å². The van der Waals surface area contributed by atoms with Crippen molar-refractivity contribution in [3.8, 4) is 0 Å². The van der Waals surface area contributed by atoms with E-state index >= 15 is 0 Å². The van der Waals surface area contributed by atoms with E-state index in [0.717, 1.165) is 47.2 Å². The van der Waals surface area contributed by atoms with Crippen molar-refractivity contribution in [2.75, 3.05) is 9.80 Å². The minimum Gasteiger partial charge on any atom is -0.326 e. The van der Waals surface area contributed by atoms with Crippen LogP contribution in [0.4, 0.5) is 11.4 Å². The van der Waals surface area contributed by atoms with Gasteiger partial charge in [0.2, 0.25) is 5.91 Å². The molecule has 3 aromatic rings. The highest BCUT2D eigenvalue weighted by Crippen LogP contribution is 2.44. The number of rotatable bonds is 5. The number of benzene rings is 2. The number of aryl methyl sites for hydroxylation is 1. The topological polar surface area (TPSA) is 58.4 Å². The number of imidazole rings is 1. The molecule has 2 aromatic carbocycles. The van der Waals surface area contributed by atoms with Crippen LogP contribution in [-0.2, 0) is 16.1 Å². The molecule has 1 aliphatic carbocycles. The number of hydrogen-bond acceptors (Lipinski definition) is 3. The fourth-order valence-electron chi connectivity index (χ4n) is 5.14. The van der Waals surface area contributed by atoms with Gasteiger partial charge in [-0.2, -0.15) is 0 Å². The summed E-state index contributed by atoms with van der Waals surface area (Å²) in [4.78, 5) is 35.7. The van der Waals surface area contributed by atoms with Gasteiger partial charge in [-0.3, -0.25) is 14.5 Å². The normalized spacial score (nSPS) is 18.4. The molecule has 0 spiro atoms. The third-order valence-corrected chi connectivity index (χ3v) is 7.24. The molecule has 1 saturated carbocycles. The quantitative estimate of drug-likeness (QED) is 0.464. The fraction of sp³-hybridized carbons (Fsp3) is 0.346. The number of carbonyl (C=O) groups excluding carboxylic acids is 2. The van der Waals surface area contributed by atoms with Gasteiger partial charge in [0.15, 0.2) is 0 Å². The van der Waals surface area contributed by atoms with Crippen LogP contribution in [0.5, 0.6) is 0 Å². The molecule has 6 nitrogen and oxygen atoms in total. The third kappa shape index (κ3) is 4.10. The van der Waals surface area contributed by atoms with E-state index in [4.69, 9.17) is 0 Å². The molecule has 1 unspecified atom stereocenters. The lowest BCUT2D eigenvalue weighted by Gasteiger charge is -2.33. The van der Waals surface area contributed by atoms with Crippen LogP contribution < -0.4 is 9.80 Å². The zero-order valence-electron chi connectivity index (χ0n) is 18.7. The highest BCUT2D eigenvalue weighted by Gasteiger charge is 2.45. The van der Waals surface area contributed by atoms with Crippen molar-refractivity contribution in [1.82, 2.24) is 9.55 Å². The van der Waals surface area contributed by atoms with Gasteiger partial charge in [-0.15, -0.1) is 0 Å². The zero-order valence-corrected chi connectivity index (χ0v) is 20.2. The number of carbonyl (C=O) groups is 2. The fourth-order valence-corrected chi connectivity index (χ4v) is 5.53. The smallest absolute Gasteiger partial charge is 0.255 e. The molecule has 2 aliphatic rings. The van der Waals surface area contributed by atoms with E-state index < -0.39 is 6.04 Å². The minimum absolute atomic E-state index is 0.0150. The number of aromatic nitrogens is 2. The Labute approximate surface area is 202 Å². The largest absolute Gasteiger partial charge is 0.326 e. The number of para-hydroxylation sites is 1. The van der Waals surface area contributed by atoms with Gasteiger partial charge in [0, 0.05) is 39.8 Å². The summed E-state index contributed by atoms with van der Waals surface area (Å²) in [6.07, 6.45) is 8.98. The van der Waals surface area contributed by atoms with Crippen LogP contribution in [0.3, 0.4) is 0 Å². The first-order chi connectivity index (χ1) is 16.0. The van der Waals surface area contributed by atoms with Gasteiger partial charge in [-0.1, -0.05) is 59.5 Å². The second-order valence-electron chi connectivity index (χ2n) is 8.81. The molecule has 2 heterocycles. The molecule has 2 amide bonds. The molecule has 5 rings (SSSR count). The van der Waals surface area contributed by atoms with E-state index in [9.17, 15) is 9.59 Å².